The van der Waals surface area contributed by atoms with E-state index in [9.17, 15) is 18.4 Å². The fraction of sp³-hybridized carbons (Fsp3) is 0.857. The molecule has 0 aromatic carbocycles. The normalized spacial score (nSPS) is 19.8. The second-order valence-corrected chi connectivity index (χ2v) is 5.10. The molecule has 0 aliphatic heterocycles. The molecule has 0 amide bonds. The average Bonchev–Trinajstić information content (AvgIpc) is 3.16. The molecule has 0 radical (unpaired) electrons. The van der Waals surface area contributed by atoms with Crippen LogP contribution in [-0.4, -0.2) is 31.6 Å². The molecule has 0 N–H and O–H groups in total. The van der Waals surface area contributed by atoms with E-state index in [1.54, 1.807) is 0 Å². The highest BCUT2D eigenvalue weighted by atomic mass is 19.3. The molecule has 1 saturated carbocycles. The summed E-state index contributed by atoms with van der Waals surface area (Å²) in [6.07, 6.45) is 0.0324. The second kappa shape index (κ2) is 7.55. The minimum absolute atomic E-state index is 0.148. The Morgan fingerprint density at radius 3 is 1.85 bits per heavy atom. The van der Waals surface area contributed by atoms with Gasteiger partial charge in [-0.05, 0) is 19.3 Å². The van der Waals surface area contributed by atoms with Crippen LogP contribution in [0, 0.1) is 11.3 Å². The number of carbonyl (C=O) groups excluding carboxylic acids is 2. The minimum atomic E-state index is -2.72. The highest BCUT2D eigenvalue weighted by Crippen LogP contribution is 2.57. The summed E-state index contributed by atoms with van der Waals surface area (Å²) >= 11 is 0. The van der Waals surface area contributed by atoms with Crippen LogP contribution in [-0.2, 0) is 19.1 Å². The van der Waals surface area contributed by atoms with Crippen LogP contribution in [0.3, 0.4) is 0 Å². The van der Waals surface area contributed by atoms with E-state index < -0.39 is 29.7 Å². The second-order valence-electron chi connectivity index (χ2n) is 5.10. The van der Waals surface area contributed by atoms with Crippen molar-refractivity contribution < 1.29 is 27.8 Å². The summed E-state index contributed by atoms with van der Waals surface area (Å²) in [5.41, 5.74) is -1.77. The summed E-state index contributed by atoms with van der Waals surface area (Å²) in [6, 6.07) is 0. The minimum Gasteiger partial charge on any atom is -0.465 e. The number of rotatable bonds is 9. The van der Waals surface area contributed by atoms with Crippen LogP contribution in [0.2, 0.25) is 0 Å². The van der Waals surface area contributed by atoms with E-state index in [0.29, 0.717) is 12.8 Å². The van der Waals surface area contributed by atoms with Gasteiger partial charge in [-0.25, -0.2) is 8.78 Å². The van der Waals surface area contributed by atoms with Crippen molar-refractivity contribution in [2.24, 2.45) is 11.3 Å². The van der Waals surface area contributed by atoms with Crippen LogP contribution >= 0.6 is 0 Å². The van der Waals surface area contributed by atoms with Gasteiger partial charge in [0.25, 0.3) is 0 Å². The average molecular weight is 292 g/mol. The van der Waals surface area contributed by atoms with Gasteiger partial charge in [0.1, 0.15) is 0 Å². The maximum atomic E-state index is 12.8. The first kappa shape index (κ1) is 16.9. The molecule has 0 saturated heterocycles. The molecule has 4 nitrogen and oxygen atoms in total. The van der Waals surface area contributed by atoms with Gasteiger partial charge in [0.05, 0.1) is 13.2 Å². The molecule has 20 heavy (non-hydrogen) atoms. The number of unbranched alkanes of at least 4 members (excludes halogenated alkanes) is 2. The third kappa shape index (κ3) is 3.67. The predicted molar refractivity (Wildman–Crippen MR) is 68.3 cm³/mol. The van der Waals surface area contributed by atoms with E-state index >= 15 is 0 Å². The van der Waals surface area contributed by atoms with Crippen LogP contribution in [0.4, 0.5) is 8.78 Å². The predicted octanol–water partition coefficient (Wildman–Crippen LogP) is 2.94. The zero-order valence-corrected chi connectivity index (χ0v) is 12.0. The van der Waals surface area contributed by atoms with Gasteiger partial charge in [0.15, 0.2) is 5.41 Å². The highest BCUT2D eigenvalue weighted by molar-refractivity contribution is 6.04. The molecule has 1 atom stereocenters. The molecule has 0 heterocycles. The summed E-state index contributed by atoms with van der Waals surface area (Å²) in [7, 11) is 0. The number of hydrogen-bond acceptors (Lipinski definition) is 4. The van der Waals surface area contributed by atoms with E-state index in [2.05, 4.69) is 0 Å². The van der Waals surface area contributed by atoms with Gasteiger partial charge in [-0.1, -0.05) is 26.7 Å². The Morgan fingerprint density at radius 2 is 1.55 bits per heavy atom. The van der Waals surface area contributed by atoms with Crippen LogP contribution in [0.1, 0.15) is 46.0 Å². The molecule has 0 aromatic rings. The van der Waals surface area contributed by atoms with Crippen LogP contribution in [0.15, 0.2) is 0 Å². The molecule has 6 heteroatoms. The number of alkyl halides is 2. The van der Waals surface area contributed by atoms with Gasteiger partial charge in [-0.3, -0.25) is 9.59 Å². The van der Waals surface area contributed by atoms with E-state index in [1.807, 2.05) is 13.8 Å². The number of hydrogen-bond donors (Lipinski definition) is 0. The van der Waals surface area contributed by atoms with Gasteiger partial charge in [-0.2, -0.15) is 0 Å². The fourth-order valence-electron chi connectivity index (χ4n) is 2.02. The van der Waals surface area contributed by atoms with E-state index in [0.717, 1.165) is 12.8 Å². The molecule has 116 valence electrons. The lowest BCUT2D eigenvalue weighted by Gasteiger charge is -2.15. The first-order chi connectivity index (χ1) is 9.50. The Bertz CT molecular complexity index is 322. The molecule has 0 aromatic heterocycles. The molecule has 1 aliphatic rings. The van der Waals surface area contributed by atoms with Crippen molar-refractivity contribution in [3.05, 3.63) is 0 Å². The lowest BCUT2D eigenvalue weighted by molar-refractivity contribution is -0.167. The molecule has 1 unspecified atom stereocenters. The Hall–Kier alpha value is -1.20. The van der Waals surface area contributed by atoms with Crippen LogP contribution < -0.4 is 0 Å². The largest absolute Gasteiger partial charge is 0.465 e. The van der Waals surface area contributed by atoms with Crippen molar-refractivity contribution in [2.75, 3.05) is 13.2 Å². The molecule has 1 aliphatic carbocycles. The fourth-order valence-corrected chi connectivity index (χ4v) is 2.02. The van der Waals surface area contributed by atoms with E-state index in [4.69, 9.17) is 9.47 Å². The highest BCUT2D eigenvalue weighted by Gasteiger charge is 2.71. The molecule has 0 bridgehead atoms. The number of esters is 2. The summed E-state index contributed by atoms with van der Waals surface area (Å²) in [5.74, 6) is -3.00. The number of carbonyl (C=O) groups is 2. The summed E-state index contributed by atoms with van der Waals surface area (Å²) in [4.78, 5) is 23.9. The van der Waals surface area contributed by atoms with Crippen molar-refractivity contribution >= 4 is 11.9 Å². The van der Waals surface area contributed by atoms with Crippen LogP contribution in [0.5, 0.6) is 0 Å². The topological polar surface area (TPSA) is 52.6 Å². The first-order valence-corrected chi connectivity index (χ1v) is 7.13. The Balaban J connectivity index is 2.63. The van der Waals surface area contributed by atoms with Gasteiger partial charge >= 0.3 is 11.9 Å². The zero-order chi connectivity index (χ0) is 15.2. The van der Waals surface area contributed by atoms with E-state index in [1.165, 1.54) is 0 Å². The lowest BCUT2D eigenvalue weighted by Crippen LogP contribution is -2.33. The monoisotopic (exact) mass is 292 g/mol. The van der Waals surface area contributed by atoms with Gasteiger partial charge in [0.2, 0.25) is 6.43 Å². The SMILES string of the molecule is CCCCOC(=O)C1(C(=O)OCCCC)CC1C(F)F. The van der Waals surface area contributed by atoms with Gasteiger partial charge < -0.3 is 9.47 Å². The summed E-state index contributed by atoms with van der Waals surface area (Å²) in [5, 5.41) is 0. The van der Waals surface area contributed by atoms with Gasteiger partial charge in [-0.15, -0.1) is 0 Å². The lowest BCUT2D eigenvalue weighted by atomic mass is 10.0. The third-order valence-electron chi connectivity index (χ3n) is 3.51. The molecular formula is C14H22F2O4. The molecular weight excluding hydrogens is 270 g/mol. The van der Waals surface area contributed by atoms with Crippen molar-refractivity contribution in [1.82, 2.24) is 0 Å². The Morgan fingerprint density at radius 1 is 1.10 bits per heavy atom. The Kier molecular flexibility index (Phi) is 6.36. The molecule has 1 fully saturated rings. The van der Waals surface area contributed by atoms with Crippen molar-refractivity contribution in [2.45, 2.75) is 52.4 Å². The molecule has 0 spiro atoms. The summed E-state index contributed by atoms with van der Waals surface area (Å²) < 4.78 is 35.5. The standard InChI is InChI=1S/C14H22F2O4/c1-3-5-7-19-12(17)14(9-10(14)11(15)16)13(18)20-8-6-4-2/h10-11H,3-9H2,1-2H3. The van der Waals surface area contributed by atoms with Crippen molar-refractivity contribution in [3.63, 3.8) is 0 Å². The maximum absolute atomic E-state index is 12.8. The molecule has 1 rings (SSSR count). The maximum Gasteiger partial charge on any atom is 0.324 e. The number of ether oxygens (including phenoxy) is 2. The van der Waals surface area contributed by atoms with Gasteiger partial charge in [0, 0.05) is 5.92 Å². The smallest absolute Gasteiger partial charge is 0.324 e. The van der Waals surface area contributed by atoms with Crippen molar-refractivity contribution in [3.8, 4) is 0 Å². The van der Waals surface area contributed by atoms with Crippen molar-refractivity contribution in [1.29, 1.82) is 0 Å². The van der Waals surface area contributed by atoms with E-state index in [-0.39, 0.29) is 19.6 Å². The quantitative estimate of drug-likeness (QED) is 0.372. The Labute approximate surface area is 117 Å². The third-order valence-corrected chi connectivity index (χ3v) is 3.51. The van der Waals surface area contributed by atoms with Crippen LogP contribution in [0.25, 0.3) is 0 Å². The first-order valence-electron chi connectivity index (χ1n) is 7.13. The zero-order valence-electron chi connectivity index (χ0n) is 12.0. The number of halogens is 2. The summed E-state index contributed by atoms with van der Waals surface area (Å²) in [6.45, 7) is 4.13.